The number of hydrogen-bond donors (Lipinski definition) is 2. The van der Waals surface area contributed by atoms with Crippen LogP contribution < -0.4 is 15.4 Å². The molecule has 2 rings (SSSR count). The number of anilines is 1. The highest BCUT2D eigenvalue weighted by molar-refractivity contribution is 6.01. The van der Waals surface area contributed by atoms with Gasteiger partial charge in [-0.25, -0.2) is 0 Å². The van der Waals surface area contributed by atoms with E-state index in [1.54, 1.807) is 24.1 Å². The van der Waals surface area contributed by atoms with Gasteiger partial charge in [0.15, 0.2) is 0 Å². The summed E-state index contributed by atoms with van der Waals surface area (Å²) in [5.74, 6) is 0.569. The average molecular weight is 249 g/mol. The van der Waals surface area contributed by atoms with Gasteiger partial charge < -0.3 is 20.6 Å². The maximum absolute atomic E-state index is 11.9. The van der Waals surface area contributed by atoms with Crippen molar-refractivity contribution in [3.05, 3.63) is 24.3 Å². The van der Waals surface area contributed by atoms with Crippen molar-refractivity contribution in [3.8, 4) is 5.75 Å². The molecule has 18 heavy (non-hydrogen) atoms. The van der Waals surface area contributed by atoms with Gasteiger partial charge in [-0.3, -0.25) is 4.79 Å². The first-order valence-corrected chi connectivity index (χ1v) is 5.57. The monoisotopic (exact) mass is 249 g/mol. The number of amidine groups is 1. The molecule has 96 valence electrons. The van der Waals surface area contributed by atoms with Crippen LogP contribution in [0, 0.1) is 5.92 Å². The van der Waals surface area contributed by atoms with Crippen LogP contribution in [0.1, 0.15) is 6.42 Å². The first-order valence-electron chi connectivity index (χ1n) is 5.57. The van der Waals surface area contributed by atoms with Gasteiger partial charge in [-0.1, -0.05) is 5.16 Å². The number of carbonyl (C=O) groups is 1. The molecule has 1 aromatic carbocycles. The van der Waals surface area contributed by atoms with Crippen molar-refractivity contribution < 1.29 is 14.7 Å². The van der Waals surface area contributed by atoms with E-state index in [-0.39, 0.29) is 24.1 Å². The number of nitrogens with two attached hydrogens (primary N) is 1. The Morgan fingerprint density at radius 3 is 2.72 bits per heavy atom. The number of oxime groups is 1. The van der Waals surface area contributed by atoms with Crippen LogP contribution in [0.15, 0.2) is 29.4 Å². The lowest BCUT2D eigenvalue weighted by atomic mass is 10.1. The molecular weight excluding hydrogens is 234 g/mol. The number of nitrogens with zero attached hydrogens (tertiary/aromatic N) is 2. The zero-order chi connectivity index (χ0) is 13.1. The predicted molar refractivity (Wildman–Crippen MR) is 66.9 cm³/mol. The summed E-state index contributed by atoms with van der Waals surface area (Å²) < 4.78 is 5.06. The number of hydrogen-bond acceptors (Lipinski definition) is 4. The third-order valence-electron chi connectivity index (χ3n) is 3.04. The molecule has 0 spiro atoms. The van der Waals surface area contributed by atoms with Gasteiger partial charge in [-0.15, -0.1) is 0 Å². The lowest BCUT2D eigenvalue weighted by molar-refractivity contribution is -0.117. The highest BCUT2D eigenvalue weighted by atomic mass is 16.5. The van der Waals surface area contributed by atoms with Gasteiger partial charge in [0.05, 0.1) is 7.11 Å². The van der Waals surface area contributed by atoms with Gasteiger partial charge in [0.1, 0.15) is 11.6 Å². The van der Waals surface area contributed by atoms with Crippen molar-refractivity contribution in [2.45, 2.75) is 6.42 Å². The third kappa shape index (κ3) is 2.22. The molecule has 1 amide bonds. The summed E-state index contributed by atoms with van der Waals surface area (Å²) in [6, 6.07) is 7.20. The first-order chi connectivity index (χ1) is 8.65. The summed E-state index contributed by atoms with van der Waals surface area (Å²) in [4.78, 5) is 13.5. The van der Waals surface area contributed by atoms with Gasteiger partial charge in [-0.05, 0) is 24.3 Å². The minimum Gasteiger partial charge on any atom is -0.497 e. The molecular formula is C12H15N3O3. The lowest BCUT2D eigenvalue weighted by Crippen LogP contribution is -2.28. The minimum atomic E-state index is -0.232. The summed E-state index contributed by atoms with van der Waals surface area (Å²) in [5.41, 5.74) is 6.31. The van der Waals surface area contributed by atoms with E-state index in [9.17, 15) is 4.79 Å². The molecule has 1 fully saturated rings. The van der Waals surface area contributed by atoms with Crippen molar-refractivity contribution in [3.63, 3.8) is 0 Å². The molecule has 1 saturated heterocycles. The summed E-state index contributed by atoms with van der Waals surface area (Å²) in [5, 5.41) is 11.6. The number of carbonyl (C=O) groups excluding carboxylic acids is 1. The standard InChI is InChI=1S/C12H15N3O3/c1-18-10-4-2-9(3-5-10)15-7-8(6-11(15)16)12(13)14-17/h2-5,8,17H,6-7H2,1H3,(H2,13,14)/t8-/m0/s1. The highest BCUT2D eigenvalue weighted by Crippen LogP contribution is 2.26. The average Bonchev–Trinajstić information content (AvgIpc) is 2.80. The third-order valence-corrected chi connectivity index (χ3v) is 3.04. The van der Waals surface area contributed by atoms with E-state index >= 15 is 0 Å². The topological polar surface area (TPSA) is 88.2 Å². The number of rotatable bonds is 3. The molecule has 1 heterocycles. The van der Waals surface area contributed by atoms with Gasteiger partial charge in [0.2, 0.25) is 5.91 Å². The molecule has 6 nitrogen and oxygen atoms in total. The van der Waals surface area contributed by atoms with Gasteiger partial charge in [0, 0.05) is 24.6 Å². The van der Waals surface area contributed by atoms with E-state index in [1.807, 2.05) is 12.1 Å². The Bertz CT molecular complexity index is 470. The van der Waals surface area contributed by atoms with Crippen LogP contribution in [0.5, 0.6) is 5.75 Å². The molecule has 0 aliphatic carbocycles. The van der Waals surface area contributed by atoms with Crippen LogP contribution in [-0.4, -0.2) is 30.6 Å². The Morgan fingerprint density at radius 1 is 1.50 bits per heavy atom. The summed E-state index contributed by atoms with van der Waals surface area (Å²) in [7, 11) is 1.59. The van der Waals surface area contributed by atoms with E-state index in [1.165, 1.54) is 0 Å². The predicted octanol–water partition coefficient (Wildman–Crippen LogP) is 0.794. The smallest absolute Gasteiger partial charge is 0.227 e. The molecule has 0 unspecified atom stereocenters. The normalized spacial score (nSPS) is 20.3. The van der Waals surface area contributed by atoms with Crippen LogP contribution >= 0.6 is 0 Å². The molecule has 6 heteroatoms. The molecule has 1 aliphatic heterocycles. The van der Waals surface area contributed by atoms with Gasteiger partial charge in [-0.2, -0.15) is 0 Å². The molecule has 1 aromatic rings. The van der Waals surface area contributed by atoms with Crippen molar-refractivity contribution in [2.24, 2.45) is 16.8 Å². The fourth-order valence-corrected chi connectivity index (χ4v) is 2.00. The second kappa shape index (κ2) is 4.95. The Morgan fingerprint density at radius 2 is 2.17 bits per heavy atom. The van der Waals surface area contributed by atoms with Crippen LogP contribution in [0.3, 0.4) is 0 Å². The molecule has 0 aromatic heterocycles. The van der Waals surface area contributed by atoms with E-state index in [2.05, 4.69) is 5.16 Å². The quantitative estimate of drug-likeness (QED) is 0.359. The van der Waals surface area contributed by atoms with Crippen LogP contribution in [0.25, 0.3) is 0 Å². The zero-order valence-electron chi connectivity index (χ0n) is 10.0. The lowest BCUT2D eigenvalue weighted by Gasteiger charge is -2.16. The summed E-state index contributed by atoms with van der Waals surface area (Å²) >= 11 is 0. The molecule has 3 N–H and O–H groups in total. The second-order valence-electron chi connectivity index (χ2n) is 4.13. The van der Waals surface area contributed by atoms with Gasteiger partial charge >= 0.3 is 0 Å². The van der Waals surface area contributed by atoms with E-state index in [4.69, 9.17) is 15.7 Å². The van der Waals surface area contributed by atoms with Crippen molar-refractivity contribution >= 4 is 17.4 Å². The van der Waals surface area contributed by atoms with Crippen LogP contribution in [0.4, 0.5) is 5.69 Å². The fourth-order valence-electron chi connectivity index (χ4n) is 2.00. The Labute approximate surface area is 105 Å². The molecule has 0 saturated carbocycles. The number of methoxy groups -OCH3 is 1. The SMILES string of the molecule is COc1ccc(N2C[C@@H](/C(N)=N\O)CC2=O)cc1. The Balaban J connectivity index is 2.16. The molecule has 0 radical (unpaired) electrons. The van der Waals surface area contributed by atoms with E-state index in [0.717, 1.165) is 11.4 Å². The Kier molecular flexibility index (Phi) is 3.36. The second-order valence-corrected chi connectivity index (χ2v) is 4.13. The molecule has 1 aliphatic rings. The first kappa shape index (κ1) is 12.2. The van der Waals surface area contributed by atoms with Gasteiger partial charge in [0.25, 0.3) is 0 Å². The molecule has 1 atom stereocenters. The number of amides is 1. The maximum atomic E-state index is 11.9. The number of benzene rings is 1. The summed E-state index contributed by atoms with van der Waals surface area (Å²) in [6.07, 6.45) is 0.266. The van der Waals surface area contributed by atoms with E-state index < -0.39 is 0 Å². The van der Waals surface area contributed by atoms with Crippen LogP contribution in [0.2, 0.25) is 0 Å². The van der Waals surface area contributed by atoms with E-state index in [0.29, 0.717) is 6.54 Å². The maximum Gasteiger partial charge on any atom is 0.227 e. The molecule has 0 bridgehead atoms. The highest BCUT2D eigenvalue weighted by Gasteiger charge is 2.33. The van der Waals surface area contributed by atoms with Crippen LogP contribution in [-0.2, 0) is 4.79 Å². The minimum absolute atomic E-state index is 0.0308. The fraction of sp³-hybridized carbons (Fsp3) is 0.333. The zero-order valence-corrected chi connectivity index (χ0v) is 10.0. The van der Waals surface area contributed by atoms with Crippen molar-refractivity contribution in [1.82, 2.24) is 0 Å². The van der Waals surface area contributed by atoms with Crippen molar-refractivity contribution in [2.75, 3.05) is 18.6 Å². The number of ether oxygens (including phenoxy) is 1. The van der Waals surface area contributed by atoms with Crippen molar-refractivity contribution in [1.29, 1.82) is 0 Å². The Hall–Kier alpha value is -2.24. The largest absolute Gasteiger partial charge is 0.497 e. The summed E-state index contributed by atoms with van der Waals surface area (Å²) in [6.45, 7) is 0.432.